The number of benzene rings is 4. The molecule has 0 spiro atoms. The van der Waals surface area contributed by atoms with Gasteiger partial charge in [-0.25, -0.2) is 0 Å². The summed E-state index contributed by atoms with van der Waals surface area (Å²) in [6.07, 6.45) is -11.0. The number of amides is 7. The molecule has 16 N–H and O–H groups in total. The predicted octanol–water partition coefficient (Wildman–Crippen LogP) is -2.73. The largest absolute Gasteiger partial charge is 0.504 e. The third-order valence-electron chi connectivity index (χ3n) is 16.5. The van der Waals surface area contributed by atoms with Crippen molar-refractivity contribution in [3.8, 4) is 34.1 Å². The molecule has 7 amide bonds. The van der Waals surface area contributed by atoms with Crippen molar-refractivity contribution < 1.29 is 83.5 Å². The lowest BCUT2D eigenvalue weighted by atomic mass is 9.97. The zero-order chi connectivity index (χ0) is 63.7. The molecule has 4 aromatic rings. The quantitative estimate of drug-likeness (QED) is 0.0542. The van der Waals surface area contributed by atoms with E-state index in [0.717, 1.165) is 52.1 Å². The number of carbonyl (C=O) groups is 7. The van der Waals surface area contributed by atoms with Gasteiger partial charge in [0.05, 0.1) is 50.8 Å². The number of aromatic hydroxyl groups is 1. The molecular weight excluding hydrogens is 1140 g/mol. The van der Waals surface area contributed by atoms with Crippen LogP contribution in [0.15, 0.2) is 78.9 Å². The third-order valence-corrected chi connectivity index (χ3v) is 16.5. The Balaban J connectivity index is 1.07. The van der Waals surface area contributed by atoms with Gasteiger partial charge in [0.15, 0.2) is 23.0 Å². The zero-order valence-electron chi connectivity index (χ0n) is 49.4. The maximum Gasteiger partial charge on any atom is 0.251 e. The second-order valence-corrected chi connectivity index (χ2v) is 22.8. The van der Waals surface area contributed by atoms with Crippen molar-refractivity contribution in [3.05, 3.63) is 101 Å². The average molecular weight is 1230 g/mol. The first kappa shape index (κ1) is 65.8. The second-order valence-electron chi connectivity index (χ2n) is 22.8. The monoisotopic (exact) mass is 1220 g/mol. The number of nitrogens with two attached hydrogens (primary N) is 2. The summed E-state index contributed by atoms with van der Waals surface area (Å²) in [6.45, 7) is 2.53. The van der Waals surface area contributed by atoms with Crippen molar-refractivity contribution in [1.82, 2.24) is 36.4 Å². The lowest BCUT2D eigenvalue weighted by Crippen LogP contribution is -2.64. The van der Waals surface area contributed by atoms with Crippen LogP contribution in [0.2, 0.25) is 0 Å². The van der Waals surface area contributed by atoms with Gasteiger partial charge in [0.25, 0.3) is 5.91 Å². The van der Waals surface area contributed by atoms with E-state index in [0.29, 0.717) is 18.0 Å². The Labute approximate surface area is 508 Å². The molecular formula is C61H80N10O17. The topological polar surface area (TPSA) is 411 Å². The highest BCUT2D eigenvalue weighted by Gasteiger charge is 2.50. The van der Waals surface area contributed by atoms with Crippen LogP contribution in [0, 0.1) is 5.92 Å². The summed E-state index contributed by atoms with van der Waals surface area (Å²) >= 11 is 0. The number of carbonyl (C=O) groups excluding carboxylic acids is 7. The Morgan fingerprint density at radius 3 is 1.99 bits per heavy atom. The Kier molecular flexibility index (Phi) is 21.9. The van der Waals surface area contributed by atoms with Gasteiger partial charge in [0, 0.05) is 75.7 Å². The number of rotatable bonds is 16. The van der Waals surface area contributed by atoms with Crippen molar-refractivity contribution in [3.63, 3.8) is 0 Å². The van der Waals surface area contributed by atoms with E-state index in [-0.39, 0.29) is 55.3 Å². The number of nitrogens with one attached hydrogen (secondary N) is 5. The Morgan fingerprint density at radius 1 is 0.705 bits per heavy atom. The minimum Gasteiger partial charge on any atom is -0.504 e. The number of phenolic OH excluding ortho intramolecular Hbond substituents is 1. The minimum atomic E-state index is -2.04. The first-order valence-electron chi connectivity index (χ1n) is 29.3. The van der Waals surface area contributed by atoms with E-state index < -0.39 is 152 Å². The molecule has 0 aromatic heterocycles. The molecule has 3 saturated heterocycles. The molecule has 4 aliphatic rings. The predicted molar refractivity (Wildman–Crippen MR) is 317 cm³/mol. The number of anilines is 1. The smallest absolute Gasteiger partial charge is 0.251 e. The van der Waals surface area contributed by atoms with Crippen LogP contribution in [-0.4, -0.2) is 220 Å². The number of ether oxygens (including phenoxy) is 3. The van der Waals surface area contributed by atoms with Gasteiger partial charge in [-0.3, -0.25) is 33.6 Å². The molecule has 4 aromatic carbocycles. The summed E-state index contributed by atoms with van der Waals surface area (Å²) < 4.78 is 16.5. The van der Waals surface area contributed by atoms with Crippen LogP contribution in [0.3, 0.4) is 0 Å². The van der Waals surface area contributed by atoms with Crippen LogP contribution in [-0.2, 0) is 48.2 Å². The number of nitrogens with zero attached hydrogens (tertiary/aromatic N) is 3. The second kappa shape index (κ2) is 29.2. The molecule has 13 atom stereocenters. The van der Waals surface area contributed by atoms with E-state index in [1.807, 2.05) is 36.4 Å². The average Bonchev–Trinajstić information content (AvgIpc) is 4.01. The van der Waals surface area contributed by atoms with Crippen molar-refractivity contribution in [2.75, 3.05) is 65.0 Å². The van der Waals surface area contributed by atoms with Crippen molar-refractivity contribution in [2.24, 2.45) is 17.4 Å². The Bertz CT molecular complexity index is 3150. The summed E-state index contributed by atoms with van der Waals surface area (Å²) in [5.41, 5.74) is 16.6. The van der Waals surface area contributed by atoms with Crippen molar-refractivity contribution in [2.45, 2.75) is 125 Å². The number of methoxy groups -OCH3 is 2. The molecule has 0 saturated carbocycles. The molecule has 4 aliphatic heterocycles. The van der Waals surface area contributed by atoms with Gasteiger partial charge in [0.1, 0.15) is 42.9 Å². The number of fused-ring (bicyclic) bond motifs is 3. The van der Waals surface area contributed by atoms with Gasteiger partial charge in [-0.15, -0.1) is 0 Å². The number of hydrogen-bond acceptors (Lipinski definition) is 20. The molecule has 27 heteroatoms. The standard InChI is InChI=1S/C61H80N10O17/c1-31-28-71-53(54(31)78)59(83)64-27-40(73)25-42(65-55(79)36-8-6-34(7-9-36)35-10-12-39(13-11-35)69-19-16-37-23-48(86-3)49(87-4)24-38(37)29-69)56(80)66-50(32(2)72)60(84)70-30-41(74)26-43(70)57(81)67-51(58(82)68-52(61(71)85)45(76)15-17-62)46(77)21-33-5-14-44(75)47(22-33)88-20-18-63/h5-14,22-24,31-32,40-43,45-46,50-54,72-78H,15-21,25-30,62-63H2,1-4H3,(H,64,83)(H,65,79)(H,66,80)(H,67,81)(H,68,82)/t31-,32+,40+,41+,42-,43-,45+,46+,50-,51-,52-,53-,54-/m0/s1. The lowest BCUT2D eigenvalue weighted by Gasteiger charge is -2.34. The van der Waals surface area contributed by atoms with Gasteiger partial charge in [-0.2, -0.15) is 0 Å². The summed E-state index contributed by atoms with van der Waals surface area (Å²) in [4.78, 5) is 105. The lowest BCUT2D eigenvalue weighted by molar-refractivity contribution is -0.147. The fourth-order valence-electron chi connectivity index (χ4n) is 11.6. The number of aliphatic hydroxyl groups excluding tert-OH is 6. The highest BCUT2D eigenvalue weighted by molar-refractivity contribution is 6.00. The Morgan fingerprint density at radius 2 is 1.34 bits per heavy atom. The highest BCUT2D eigenvalue weighted by atomic mass is 16.5. The molecule has 476 valence electrons. The summed E-state index contributed by atoms with van der Waals surface area (Å²) in [5.74, 6) is -7.26. The van der Waals surface area contributed by atoms with Crippen LogP contribution in [0.4, 0.5) is 5.69 Å². The molecule has 0 bridgehead atoms. The van der Waals surface area contributed by atoms with Gasteiger partial charge >= 0.3 is 0 Å². The summed E-state index contributed by atoms with van der Waals surface area (Å²) in [7, 11) is 3.20. The molecule has 0 radical (unpaired) electrons. The number of hydrogen-bond donors (Lipinski definition) is 14. The van der Waals surface area contributed by atoms with Gasteiger partial charge in [-0.05, 0) is 103 Å². The SMILES string of the molecule is COc1cc2c(cc1OC)CN(c1ccc(-c3ccc(C(=O)N[C@H]4C[C@@H](O)CNC(=O)[C@@H]5[C@@H](O)[C@@H](C)CN5C(=O)[C@H]([C@H](O)CCN)NC(=O)[C@H]([C@H](O)Cc5ccc(O)c(OCCN)c5)NC(=O)[C@@H]5C[C@@H](O)CN5C(=O)[C@H]([C@@H](C)O)NC4=O)cc3)cc1)CC2. The molecule has 88 heavy (non-hydrogen) atoms. The molecule has 0 aliphatic carbocycles. The number of phenols is 1. The van der Waals surface area contributed by atoms with Crippen LogP contribution in [0.25, 0.3) is 11.1 Å². The van der Waals surface area contributed by atoms with E-state index in [4.69, 9.17) is 25.7 Å². The zero-order valence-corrected chi connectivity index (χ0v) is 49.4. The molecule has 27 nitrogen and oxygen atoms in total. The fourth-order valence-corrected chi connectivity index (χ4v) is 11.6. The maximum absolute atomic E-state index is 14.7. The number of aliphatic hydroxyl groups is 6. The van der Waals surface area contributed by atoms with E-state index in [9.17, 15) is 69.3 Å². The van der Waals surface area contributed by atoms with Gasteiger partial charge in [-0.1, -0.05) is 37.3 Å². The minimum absolute atomic E-state index is 0.00379. The normalized spacial score (nSPS) is 26.0. The summed E-state index contributed by atoms with van der Waals surface area (Å²) in [6, 6.07) is 11.4. The maximum atomic E-state index is 14.7. The Hall–Kier alpha value is -8.15. The van der Waals surface area contributed by atoms with Crippen LogP contribution < -0.4 is 57.2 Å². The molecule has 0 unspecified atom stereocenters. The molecule has 8 rings (SSSR count). The molecule has 4 heterocycles. The molecule has 3 fully saturated rings. The fraction of sp³-hybridized carbons (Fsp3) is 0.492. The van der Waals surface area contributed by atoms with Crippen molar-refractivity contribution >= 4 is 47.0 Å². The van der Waals surface area contributed by atoms with E-state index in [2.05, 4.69) is 31.5 Å². The first-order valence-corrected chi connectivity index (χ1v) is 29.3. The summed E-state index contributed by atoms with van der Waals surface area (Å²) in [5, 5.41) is 91.3. The first-order chi connectivity index (χ1) is 42.0. The van der Waals surface area contributed by atoms with Crippen molar-refractivity contribution in [1.29, 1.82) is 0 Å². The van der Waals surface area contributed by atoms with Crippen LogP contribution in [0.1, 0.15) is 60.2 Å². The van der Waals surface area contributed by atoms with Crippen LogP contribution in [0.5, 0.6) is 23.0 Å². The third kappa shape index (κ3) is 15.2. The highest BCUT2D eigenvalue weighted by Crippen LogP contribution is 2.36. The number of β-amino-alcohol motifs (C(OH)–C–C–N with tert-alkyl or cyclic N) is 1. The van der Waals surface area contributed by atoms with Gasteiger partial charge < -0.3 is 103 Å². The van der Waals surface area contributed by atoms with E-state index in [1.54, 1.807) is 26.4 Å². The van der Waals surface area contributed by atoms with Crippen LogP contribution >= 0.6 is 0 Å². The van der Waals surface area contributed by atoms with Gasteiger partial charge in [0.2, 0.25) is 35.4 Å². The van der Waals surface area contributed by atoms with E-state index >= 15 is 0 Å². The van der Waals surface area contributed by atoms with E-state index in [1.165, 1.54) is 42.8 Å².